The van der Waals surface area contributed by atoms with E-state index in [0.29, 0.717) is 29.4 Å². The Kier molecular flexibility index (Phi) is 4.01. The van der Waals surface area contributed by atoms with E-state index in [2.05, 4.69) is 10.1 Å². The van der Waals surface area contributed by atoms with Gasteiger partial charge < -0.3 is 19.1 Å². The van der Waals surface area contributed by atoms with Crippen LogP contribution in [0.1, 0.15) is 25.3 Å². The van der Waals surface area contributed by atoms with Gasteiger partial charge in [0.1, 0.15) is 17.6 Å². The second-order valence-electron chi connectivity index (χ2n) is 3.98. The zero-order valence-electron chi connectivity index (χ0n) is 11.1. The van der Waals surface area contributed by atoms with Crippen molar-refractivity contribution in [1.29, 1.82) is 0 Å². The predicted molar refractivity (Wildman–Crippen MR) is 68.1 cm³/mol. The molecular formula is C13H16N2O4. The van der Waals surface area contributed by atoms with Gasteiger partial charge in [-0.1, -0.05) is 12.1 Å². The number of benzene rings is 1. The van der Waals surface area contributed by atoms with E-state index in [-0.39, 0.29) is 5.82 Å². The molecule has 1 unspecified atom stereocenters. The summed E-state index contributed by atoms with van der Waals surface area (Å²) >= 11 is 0. The van der Waals surface area contributed by atoms with E-state index in [4.69, 9.17) is 14.0 Å². The molecule has 0 fully saturated rings. The Hall–Kier alpha value is -2.08. The molecule has 0 bridgehead atoms. The van der Waals surface area contributed by atoms with Crippen LogP contribution < -0.4 is 9.47 Å². The smallest absolute Gasteiger partial charge is 0.258 e. The number of aliphatic hydroxyl groups excluding tert-OH is 1. The molecule has 0 aliphatic rings. The minimum absolute atomic E-state index is 0.277. The highest BCUT2D eigenvalue weighted by Crippen LogP contribution is 2.29. The summed E-state index contributed by atoms with van der Waals surface area (Å²) in [5, 5.41) is 13.4. The normalized spacial score (nSPS) is 12.2. The molecule has 0 saturated heterocycles. The number of hydrogen-bond acceptors (Lipinski definition) is 6. The van der Waals surface area contributed by atoms with Crippen LogP contribution in [0.3, 0.4) is 0 Å². The Labute approximate surface area is 111 Å². The second-order valence-corrected chi connectivity index (χ2v) is 3.98. The summed E-state index contributed by atoms with van der Waals surface area (Å²) in [7, 11) is 3.14. The fraction of sp³-hybridized carbons (Fsp3) is 0.385. The Bertz CT molecular complexity index is 531. The van der Waals surface area contributed by atoms with Crippen LogP contribution in [0.25, 0.3) is 11.5 Å². The van der Waals surface area contributed by atoms with E-state index in [1.807, 2.05) is 6.92 Å². The molecule has 0 aliphatic heterocycles. The molecule has 1 aromatic heterocycles. The first-order chi connectivity index (χ1) is 9.17. The van der Waals surface area contributed by atoms with Gasteiger partial charge in [0.15, 0.2) is 0 Å². The van der Waals surface area contributed by atoms with E-state index < -0.39 is 6.10 Å². The molecule has 2 aromatic rings. The molecule has 0 saturated carbocycles. The third kappa shape index (κ3) is 2.85. The van der Waals surface area contributed by atoms with Crippen molar-refractivity contribution in [2.45, 2.75) is 19.4 Å². The van der Waals surface area contributed by atoms with Crippen molar-refractivity contribution in [1.82, 2.24) is 10.1 Å². The van der Waals surface area contributed by atoms with Crippen molar-refractivity contribution >= 4 is 0 Å². The van der Waals surface area contributed by atoms with Gasteiger partial charge in [-0.3, -0.25) is 0 Å². The van der Waals surface area contributed by atoms with Gasteiger partial charge in [-0.15, -0.1) is 0 Å². The lowest BCUT2D eigenvalue weighted by atomic mass is 10.2. The van der Waals surface area contributed by atoms with Crippen LogP contribution in [0.5, 0.6) is 11.5 Å². The van der Waals surface area contributed by atoms with Gasteiger partial charge in [0, 0.05) is 11.6 Å². The molecule has 0 amide bonds. The topological polar surface area (TPSA) is 77.6 Å². The van der Waals surface area contributed by atoms with Crippen LogP contribution in [0, 0.1) is 0 Å². The number of ether oxygens (including phenoxy) is 2. The number of methoxy groups -OCH3 is 2. The molecule has 0 aliphatic carbocycles. The fourth-order valence-electron chi connectivity index (χ4n) is 1.60. The largest absolute Gasteiger partial charge is 0.497 e. The van der Waals surface area contributed by atoms with Crippen LogP contribution >= 0.6 is 0 Å². The first-order valence-corrected chi connectivity index (χ1v) is 5.93. The molecule has 2 rings (SSSR count). The van der Waals surface area contributed by atoms with Gasteiger partial charge in [0.25, 0.3) is 5.89 Å². The molecule has 1 atom stereocenters. The summed E-state index contributed by atoms with van der Waals surface area (Å²) in [5.74, 6) is 1.86. The van der Waals surface area contributed by atoms with Crippen molar-refractivity contribution in [3.8, 4) is 23.0 Å². The number of aliphatic hydroxyl groups is 1. The van der Waals surface area contributed by atoms with E-state index in [9.17, 15) is 5.11 Å². The Balaban J connectivity index is 2.37. The molecule has 1 N–H and O–H groups in total. The molecule has 102 valence electrons. The maximum atomic E-state index is 9.66. The van der Waals surface area contributed by atoms with Gasteiger partial charge in [0.2, 0.25) is 5.82 Å². The second kappa shape index (κ2) is 5.71. The quantitative estimate of drug-likeness (QED) is 0.892. The van der Waals surface area contributed by atoms with Crippen LogP contribution in [-0.4, -0.2) is 29.5 Å². The maximum Gasteiger partial charge on any atom is 0.258 e. The highest BCUT2D eigenvalue weighted by molar-refractivity contribution is 5.59. The molecule has 0 radical (unpaired) electrons. The molecule has 6 nitrogen and oxygen atoms in total. The number of nitrogens with zero attached hydrogens (tertiary/aromatic N) is 2. The van der Waals surface area contributed by atoms with Crippen LogP contribution in [0.15, 0.2) is 22.7 Å². The van der Waals surface area contributed by atoms with Crippen molar-refractivity contribution < 1.29 is 19.1 Å². The fourth-order valence-corrected chi connectivity index (χ4v) is 1.60. The molecule has 6 heteroatoms. The lowest BCUT2D eigenvalue weighted by Gasteiger charge is -2.05. The third-order valence-electron chi connectivity index (χ3n) is 2.72. The summed E-state index contributed by atoms with van der Waals surface area (Å²) in [6, 6.07) is 5.28. The molecule has 1 heterocycles. The standard InChI is InChI=1S/C13H16N2O4/c1-4-11(16)12-14-13(19-15-12)8-5-9(17-2)7-10(6-8)18-3/h5-7,11,16H,4H2,1-3H3. The average molecular weight is 264 g/mol. The van der Waals surface area contributed by atoms with Gasteiger partial charge in [-0.05, 0) is 18.6 Å². The minimum atomic E-state index is -0.718. The van der Waals surface area contributed by atoms with E-state index in [0.717, 1.165) is 0 Å². The summed E-state index contributed by atoms with van der Waals surface area (Å²) < 4.78 is 15.5. The van der Waals surface area contributed by atoms with Crippen LogP contribution in [-0.2, 0) is 0 Å². The van der Waals surface area contributed by atoms with Gasteiger partial charge in [-0.25, -0.2) is 0 Å². The first-order valence-electron chi connectivity index (χ1n) is 5.93. The van der Waals surface area contributed by atoms with Crippen molar-refractivity contribution in [3.05, 3.63) is 24.0 Å². The molecular weight excluding hydrogens is 248 g/mol. The highest BCUT2D eigenvalue weighted by atomic mass is 16.5. The summed E-state index contributed by atoms with van der Waals surface area (Å²) in [4.78, 5) is 4.16. The summed E-state index contributed by atoms with van der Waals surface area (Å²) in [6.45, 7) is 1.84. The molecule has 0 spiro atoms. The average Bonchev–Trinajstić information content (AvgIpc) is 2.95. The van der Waals surface area contributed by atoms with Gasteiger partial charge in [-0.2, -0.15) is 4.98 Å². The van der Waals surface area contributed by atoms with Gasteiger partial charge >= 0.3 is 0 Å². The Morgan fingerprint density at radius 1 is 1.21 bits per heavy atom. The van der Waals surface area contributed by atoms with Crippen LogP contribution in [0.4, 0.5) is 0 Å². The zero-order chi connectivity index (χ0) is 13.8. The minimum Gasteiger partial charge on any atom is -0.497 e. The third-order valence-corrected chi connectivity index (χ3v) is 2.72. The monoisotopic (exact) mass is 264 g/mol. The first kappa shape index (κ1) is 13.4. The number of rotatable bonds is 5. The Morgan fingerprint density at radius 3 is 2.37 bits per heavy atom. The van der Waals surface area contributed by atoms with Crippen molar-refractivity contribution in [3.63, 3.8) is 0 Å². The van der Waals surface area contributed by atoms with Gasteiger partial charge in [0.05, 0.1) is 14.2 Å². The SMILES string of the molecule is CCC(O)c1noc(-c2cc(OC)cc(OC)c2)n1. The van der Waals surface area contributed by atoms with Crippen LogP contribution in [0.2, 0.25) is 0 Å². The van der Waals surface area contributed by atoms with Crippen molar-refractivity contribution in [2.24, 2.45) is 0 Å². The number of hydrogen-bond donors (Lipinski definition) is 1. The highest BCUT2D eigenvalue weighted by Gasteiger charge is 2.16. The lowest BCUT2D eigenvalue weighted by Crippen LogP contribution is -1.97. The lowest BCUT2D eigenvalue weighted by molar-refractivity contribution is 0.159. The van der Waals surface area contributed by atoms with Crippen molar-refractivity contribution in [2.75, 3.05) is 14.2 Å². The zero-order valence-corrected chi connectivity index (χ0v) is 11.1. The van der Waals surface area contributed by atoms with E-state index >= 15 is 0 Å². The molecule has 19 heavy (non-hydrogen) atoms. The maximum absolute atomic E-state index is 9.66. The van der Waals surface area contributed by atoms with E-state index in [1.165, 1.54) is 0 Å². The summed E-state index contributed by atoms with van der Waals surface area (Å²) in [6.07, 6.45) is -0.189. The Morgan fingerprint density at radius 2 is 1.84 bits per heavy atom. The number of aromatic nitrogens is 2. The van der Waals surface area contributed by atoms with E-state index in [1.54, 1.807) is 32.4 Å². The molecule has 1 aromatic carbocycles. The summed E-state index contributed by atoms with van der Waals surface area (Å²) in [5.41, 5.74) is 0.679. The predicted octanol–water partition coefficient (Wildman–Crippen LogP) is 2.20.